The number of hydrogen-bond acceptors (Lipinski definition) is 5. The molecule has 0 unspecified atom stereocenters. The lowest BCUT2D eigenvalue weighted by Crippen LogP contribution is -2.40. The van der Waals surface area contributed by atoms with Crippen molar-refractivity contribution in [1.29, 1.82) is 0 Å². The van der Waals surface area contributed by atoms with Crippen molar-refractivity contribution >= 4 is 16.0 Å². The van der Waals surface area contributed by atoms with Crippen molar-refractivity contribution in [1.82, 2.24) is 4.31 Å². The van der Waals surface area contributed by atoms with E-state index in [1.54, 1.807) is 24.3 Å². The Morgan fingerprint density at radius 1 is 1.19 bits per heavy atom. The van der Waals surface area contributed by atoms with Crippen molar-refractivity contribution in [2.24, 2.45) is 17.8 Å². The van der Waals surface area contributed by atoms with Crippen LogP contribution in [0.1, 0.15) is 37.7 Å². The van der Waals surface area contributed by atoms with Gasteiger partial charge in [-0.05, 0) is 54.7 Å². The predicted octanol–water partition coefficient (Wildman–Crippen LogP) is 2.58. The van der Waals surface area contributed by atoms with Crippen LogP contribution in [0, 0.1) is 17.8 Å². The molecule has 6 nitrogen and oxygen atoms in total. The zero-order valence-corrected chi connectivity index (χ0v) is 16.3. The lowest BCUT2D eigenvalue weighted by molar-refractivity contribution is -0.146. The fourth-order valence-corrected chi connectivity index (χ4v) is 6.27. The van der Waals surface area contributed by atoms with E-state index in [0.29, 0.717) is 50.1 Å². The molecule has 2 bridgehead atoms. The van der Waals surface area contributed by atoms with Crippen LogP contribution in [0.4, 0.5) is 0 Å². The maximum Gasteiger partial charge on any atom is 0.306 e. The summed E-state index contributed by atoms with van der Waals surface area (Å²) in [6, 6.07) is 6.69. The van der Waals surface area contributed by atoms with Gasteiger partial charge in [-0.1, -0.05) is 18.6 Å². The average molecular weight is 394 g/mol. The van der Waals surface area contributed by atoms with Gasteiger partial charge in [-0.25, -0.2) is 8.42 Å². The summed E-state index contributed by atoms with van der Waals surface area (Å²) >= 11 is 0. The van der Waals surface area contributed by atoms with Crippen LogP contribution in [0.25, 0.3) is 0 Å². The zero-order chi connectivity index (χ0) is 18.9. The third kappa shape index (κ3) is 4.20. The molecule has 1 aliphatic heterocycles. The predicted molar refractivity (Wildman–Crippen MR) is 99.4 cm³/mol. The Morgan fingerprint density at radius 2 is 2.00 bits per heavy atom. The molecule has 0 radical (unpaired) electrons. The minimum atomic E-state index is -3.53. The van der Waals surface area contributed by atoms with E-state index in [-0.39, 0.29) is 17.5 Å². The van der Waals surface area contributed by atoms with Gasteiger partial charge in [0.15, 0.2) is 0 Å². The van der Waals surface area contributed by atoms with E-state index < -0.39 is 10.0 Å². The number of esters is 1. The summed E-state index contributed by atoms with van der Waals surface area (Å²) in [5.74, 6) is 1.82. The maximum atomic E-state index is 12.7. The minimum absolute atomic E-state index is 0.117. The largest absolute Gasteiger partial charge is 0.461 e. The number of fused-ring (bicyclic) bond motifs is 2. The van der Waals surface area contributed by atoms with Crippen LogP contribution in [-0.4, -0.2) is 45.0 Å². The van der Waals surface area contributed by atoms with Crippen LogP contribution in [0.2, 0.25) is 0 Å². The van der Waals surface area contributed by atoms with Gasteiger partial charge in [0.05, 0.1) is 18.1 Å². The molecule has 4 rings (SSSR count). The molecule has 0 N–H and O–H groups in total. The quantitative estimate of drug-likeness (QED) is 0.695. The van der Waals surface area contributed by atoms with Gasteiger partial charge in [-0.15, -0.1) is 0 Å². The van der Waals surface area contributed by atoms with Crippen LogP contribution in [0.3, 0.4) is 0 Å². The normalized spacial score (nSPS) is 28.4. The van der Waals surface area contributed by atoms with Crippen LogP contribution in [-0.2, 0) is 30.9 Å². The van der Waals surface area contributed by atoms with Crippen molar-refractivity contribution in [3.8, 4) is 0 Å². The summed E-state index contributed by atoms with van der Waals surface area (Å²) < 4.78 is 37.6. The summed E-state index contributed by atoms with van der Waals surface area (Å²) in [5.41, 5.74) is 0.700. The molecule has 7 heteroatoms. The third-order valence-electron chi connectivity index (χ3n) is 6.22. The molecular formula is C20H27NO5S. The SMILES string of the molecule is O=C(C[C@@H]1C[C@H]2CC[C@@H]1C2)OCc1cccc(S(=O)(=O)N2CCOCC2)c1. The van der Waals surface area contributed by atoms with Crippen LogP contribution in [0.15, 0.2) is 29.2 Å². The van der Waals surface area contributed by atoms with E-state index in [2.05, 4.69) is 0 Å². The molecule has 0 amide bonds. The fraction of sp³-hybridized carbons (Fsp3) is 0.650. The second-order valence-electron chi connectivity index (χ2n) is 7.96. The molecule has 3 fully saturated rings. The molecule has 0 aromatic heterocycles. The number of carbonyl (C=O) groups excluding carboxylic acids is 1. The first-order valence-corrected chi connectivity index (χ1v) is 11.3. The molecule has 2 aliphatic carbocycles. The molecule has 3 aliphatic rings. The van der Waals surface area contributed by atoms with Crippen molar-refractivity contribution in [3.63, 3.8) is 0 Å². The Morgan fingerprint density at radius 3 is 2.70 bits per heavy atom. The van der Waals surface area contributed by atoms with Crippen molar-refractivity contribution < 1.29 is 22.7 Å². The number of nitrogens with zero attached hydrogens (tertiary/aromatic N) is 1. The monoisotopic (exact) mass is 393 g/mol. The molecule has 148 valence electrons. The van der Waals surface area contributed by atoms with Gasteiger partial charge < -0.3 is 9.47 Å². The Kier molecular flexibility index (Phi) is 5.53. The highest BCUT2D eigenvalue weighted by Gasteiger charge is 2.40. The van der Waals surface area contributed by atoms with Gasteiger partial charge >= 0.3 is 5.97 Å². The molecule has 1 saturated heterocycles. The number of rotatable bonds is 6. The van der Waals surface area contributed by atoms with Gasteiger partial charge in [0.25, 0.3) is 0 Å². The van der Waals surface area contributed by atoms with E-state index in [4.69, 9.17) is 9.47 Å². The van der Waals surface area contributed by atoms with Crippen molar-refractivity contribution in [3.05, 3.63) is 29.8 Å². The number of morpholine rings is 1. The maximum absolute atomic E-state index is 12.7. The number of benzene rings is 1. The van der Waals surface area contributed by atoms with Crippen LogP contribution < -0.4 is 0 Å². The van der Waals surface area contributed by atoms with E-state index in [1.807, 2.05) is 0 Å². The number of hydrogen-bond donors (Lipinski definition) is 0. The third-order valence-corrected chi connectivity index (χ3v) is 8.11. The second-order valence-corrected chi connectivity index (χ2v) is 9.90. The first-order chi connectivity index (χ1) is 13.0. The summed E-state index contributed by atoms with van der Waals surface area (Å²) in [4.78, 5) is 12.5. The van der Waals surface area contributed by atoms with Crippen LogP contribution >= 0.6 is 0 Å². The van der Waals surface area contributed by atoms with Gasteiger partial charge in [0.1, 0.15) is 6.61 Å². The summed E-state index contributed by atoms with van der Waals surface area (Å²) in [6.45, 7) is 1.68. The van der Waals surface area contributed by atoms with E-state index >= 15 is 0 Å². The molecule has 1 aromatic carbocycles. The van der Waals surface area contributed by atoms with E-state index in [1.165, 1.54) is 23.6 Å². The topological polar surface area (TPSA) is 72.9 Å². The van der Waals surface area contributed by atoms with E-state index in [0.717, 1.165) is 12.3 Å². The smallest absolute Gasteiger partial charge is 0.306 e. The zero-order valence-electron chi connectivity index (χ0n) is 15.5. The summed E-state index contributed by atoms with van der Waals surface area (Å²) in [7, 11) is -3.53. The molecule has 2 saturated carbocycles. The highest BCUT2D eigenvalue weighted by Crippen LogP contribution is 2.49. The standard InChI is InChI=1S/C20H27NO5S/c22-20(13-18-11-15-4-5-17(18)10-15)26-14-16-2-1-3-19(12-16)27(23,24)21-6-8-25-9-7-21/h1-3,12,15,17-18H,4-11,13-14H2/t15-,17+,18-/m0/s1. The van der Waals surface area contributed by atoms with Crippen molar-refractivity contribution in [2.45, 2.75) is 43.6 Å². The Labute approximate surface area is 160 Å². The lowest BCUT2D eigenvalue weighted by atomic mass is 9.86. The minimum Gasteiger partial charge on any atom is -0.461 e. The van der Waals surface area contributed by atoms with Gasteiger partial charge in [0, 0.05) is 19.5 Å². The van der Waals surface area contributed by atoms with E-state index in [9.17, 15) is 13.2 Å². The highest BCUT2D eigenvalue weighted by atomic mass is 32.2. The molecular weight excluding hydrogens is 366 g/mol. The summed E-state index contributed by atoms with van der Waals surface area (Å²) in [6.07, 6.45) is 5.50. The first kappa shape index (κ1) is 18.9. The Bertz CT molecular complexity index is 787. The molecule has 1 heterocycles. The molecule has 27 heavy (non-hydrogen) atoms. The molecule has 0 spiro atoms. The van der Waals surface area contributed by atoms with Crippen LogP contribution in [0.5, 0.6) is 0 Å². The first-order valence-electron chi connectivity index (χ1n) is 9.85. The Balaban J connectivity index is 1.34. The number of carbonyl (C=O) groups is 1. The number of sulfonamides is 1. The van der Waals surface area contributed by atoms with Gasteiger partial charge in [-0.2, -0.15) is 4.31 Å². The number of ether oxygens (including phenoxy) is 2. The fourth-order valence-electron chi connectivity index (χ4n) is 4.80. The van der Waals surface area contributed by atoms with Gasteiger partial charge in [-0.3, -0.25) is 4.79 Å². The highest BCUT2D eigenvalue weighted by molar-refractivity contribution is 7.89. The molecule has 1 aromatic rings. The lowest BCUT2D eigenvalue weighted by Gasteiger charge is -2.26. The molecule has 3 atom stereocenters. The van der Waals surface area contributed by atoms with Gasteiger partial charge in [0.2, 0.25) is 10.0 Å². The second kappa shape index (κ2) is 7.89. The summed E-state index contributed by atoms with van der Waals surface area (Å²) in [5, 5.41) is 0. The average Bonchev–Trinajstić information content (AvgIpc) is 3.30. The Hall–Kier alpha value is -1.44. The van der Waals surface area contributed by atoms with Crippen molar-refractivity contribution in [2.75, 3.05) is 26.3 Å².